The molecule has 0 N–H and O–H groups in total. The van der Waals surface area contributed by atoms with Crippen LogP contribution in [0.4, 0.5) is 0 Å². The predicted octanol–water partition coefficient (Wildman–Crippen LogP) is 2.06. The summed E-state index contributed by atoms with van der Waals surface area (Å²) in [6.07, 6.45) is 2.40. The van der Waals surface area contributed by atoms with E-state index >= 15 is 0 Å². The van der Waals surface area contributed by atoms with Gasteiger partial charge in [0.1, 0.15) is 0 Å². The molecule has 3 rings (SSSR count). The molecule has 1 saturated heterocycles. The third kappa shape index (κ3) is 3.96. The van der Waals surface area contributed by atoms with Gasteiger partial charge in [0, 0.05) is 23.3 Å². The second kappa shape index (κ2) is 7.31. The van der Waals surface area contributed by atoms with Crippen molar-refractivity contribution in [2.45, 2.75) is 51.7 Å². The highest BCUT2D eigenvalue weighted by atomic mass is 32.2. The summed E-state index contributed by atoms with van der Waals surface area (Å²) in [4.78, 5) is 27.7. The first-order chi connectivity index (χ1) is 12.2. The summed E-state index contributed by atoms with van der Waals surface area (Å²) in [6, 6.07) is -0.343. The topological polar surface area (TPSA) is 80.8 Å². The molecule has 8 heteroatoms. The highest BCUT2D eigenvalue weighted by molar-refractivity contribution is 7.91. The van der Waals surface area contributed by atoms with E-state index in [1.54, 1.807) is 25.3 Å². The quantitative estimate of drug-likeness (QED) is 0.724. The van der Waals surface area contributed by atoms with E-state index in [2.05, 4.69) is 6.92 Å². The number of sulfone groups is 1. The number of fused-ring (bicyclic) bond motifs is 1. The van der Waals surface area contributed by atoms with Crippen molar-refractivity contribution >= 4 is 33.1 Å². The van der Waals surface area contributed by atoms with Crippen LogP contribution in [0, 0.1) is 5.92 Å². The Labute approximate surface area is 158 Å². The zero-order valence-corrected chi connectivity index (χ0v) is 17.0. The van der Waals surface area contributed by atoms with Crippen LogP contribution >= 0.6 is 11.3 Å². The number of rotatable bonds is 4. The van der Waals surface area contributed by atoms with Gasteiger partial charge in [-0.15, -0.1) is 11.3 Å². The lowest BCUT2D eigenvalue weighted by molar-refractivity contribution is -0.140. The Balaban J connectivity index is 1.63. The van der Waals surface area contributed by atoms with Crippen molar-refractivity contribution in [3.63, 3.8) is 0 Å². The van der Waals surface area contributed by atoms with Crippen LogP contribution in [0.3, 0.4) is 0 Å². The molecule has 3 unspecified atom stereocenters. The molecule has 0 radical (unpaired) electrons. The summed E-state index contributed by atoms with van der Waals surface area (Å²) >= 11 is 1.58. The minimum atomic E-state index is -3.07. The van der Waals surface area contributed by atoms with Gasteiger partial charge in [0.15, 0.2) is 15.9 Å². The maximum atomic E-state index is 12.5. The second-order valence-corrected chi connectivity index (χ2v) is 10.6. The molecule has 2 aliphatic rings. The fourth-order valence-corrected chi connectivity index (χ4v) is 6.68. The maximum Gasteiger partial charge on any atom is 0.340 e. The maximum absolute atomic E-state index is 12.5. The van der Waals surface area contributed by atoms with Crippen LogP contribution in [0.5, 0.6) is 0 Å². The molecule has 1 aromatic heterocycles. The molecule has 0 spiro atoms. The molecule has 26 heavy (non-hydrogen) atoms. The number of carbonyl (C=O) groups excluding carboxylic acids is 2. The van der Waals surface area contributed by atoms with Gasteiger partial charge in [-0.3, -0.25) is 4.79 Å². The zero-order valence-electron chi connectivity index (χ0n) is 15.4. The van der Waals surface area contributed by atoms with Crippen molar-refractivity contribution < 1.29 is 22.7 Å². The molecule has 144 valence electrons. The molecular formula is C18H25NO5S2. The van der Waals surface area contributed by atoms with E-state index in [0.29, 0.717) is 17.9 Å². The molecule has 2 heterocycles. The average Bonchev–Trinajstić information content (AvgIpc) is 3.15. The van der Waals surface area contributed by atoms with Crippen molar-refractivity contribution in [1.82, 2.24) is 4.90 Å². The Hall–Kier alpha value is -1.41. The van der Waals surface area contributed by atoms with Crippen molar-refractivity contribution in [3.05, 3.63) is 21.4 Å². The van der Waals surface area contributed by atoms with Gasteiger partial charge in [0.25, 0.3) is 5.91 Å². The molecule has 0 saturated carbocycles. The lowest BCUT2D eigenvalue weighted by Gasteiger charge is -2.26. The number of ether oxygens (including phenoxy) is 1. The van der Waals surface area contributed by atoms with Crippen LogP contribution in [0.1, 0.15) is 47.5 Å². The molecule has 1 fully saturated rings. The fraction of sp³-hybridized carbons (Fsp3) is 0.667. The van der Waals surface area contributed by atoms with Gasteiger partial charge < -0.3 is 9.64 Å². The molecular weight excluding hydrogens is 374 g/mol. The summed E-state index contributed by atoms with van der Waals surface area (Å²) in [5.74, 6) is -0.125. The Morgan fingerprint density at radius 2 is 2.08 bits per heavy atom. The molecule has 1 amide bonds. The van der Waals surface area contributed by atoms with Crippen LogP contribution in [-0.2, 0) is 32.2 Å². The van der Waals surface area contributed by atoms with Gasteiger partial charge in [-0.2, -0.15) is 0 Å². The van der Waals surface area contributed by atoms with Crippen molar-refractivity contribution in [2.75, 3.05) is 18.6 Å². The lowest BCUT2D eigenvalue weighted by atomic mass is 9.88. The Morgan fingerprint density at radius 3 is 2.73 bits per heavy atom. The lowest BCUT2D eigenvalue weighted by Crippen LogP contribution is -2.44. The second-order valence-electron chi connectivity index (χ2n) is 7.45. The van der Waals surface area contributed by atoms with Gasteiger partial charge in [-0.1, -0.05) is 6.92 Å². The SMILES string of the molecule is CC1CCc2c(C(=O)OC(C)C(=O)N(C)C3CCS(=O)(=O)C3)csc2C1. The Bertz CT molecular complexity index is 814. The van der Waals surface area contributed by atoms with Crippen LogP contribution in [0.25, 0.3) is 0 Å². The Kier molecular flexibility index (Phi) is 5.44. The highest BCUT2D eigenvalue weighted by Gasteiger charge is 2.35. The third-order valence-corrected chi connectivity index (χ3v) is 8.16. The Morgan fingerprint density at radius 1 is 1.35 bits per heavy atom. The van der Waals surface area contributed by atoms with Crippen molar-refractivity contribution in [3.8, 4) is 0 Å². The summed E-state index contributed by atoms with van der Waals surface area (Å²) in [5.41, 5.74) is 1.63. The van der Waals surface area contributed by atoms with E-state index in [4.69, 9.17) is 4.74 Å². The zero-order chi connectivity index (χ0) is 19.1. The van der Waals surface area contributed by atoms with Crippen LogP contribution < -0.4 is 0 Å². The normalized spacial score (nSPS) is 25.3. The first-order valence-electron chi connectivity index (χ1n) is 8.95. The first kappa shape index (κ1) is 19.4. The summed E-state index contributed by atoms with van der Waals surface area (Å²) in [7, 11) is -1.50. The molecule has 6 nitrogen and oxygen atoms in total. The summed E-state index contributed by atoms with van der Waals surface area (Å²) in [6.45, 7) is 3.75. The number of nitrogens with zero attached hydrogens (tertiary/aromatic N) is 1. The fourth-order valence-electron chi connectivity index (χ4n) is 3.67. The van der Waals surface area contributed by atoms with Gasteiger partial charge in [-0.05, 0) is 44.1 Å². The number of thiophene rings is 1. The molecule has 1 aromatic rings. The molecule has 1 aliphatic carbocycles. The molecule has 0 bridgehead atoms. The van der Waals surface area contributed by atoms with Crippen LogP contribution in [0.15, 0.2) is 5.38 Å². The number of amides is 1. The first-order valence-corrected chi connectivity index (χ1v) is 11.7. The average molecular weight is 400 g/mol. The van der Waals surface area contributed by atoms with E-state index in [1.165, 1.54) is 9.78 Å². The van der Waals surface area contributed by atoms with Crippen molar-refractivity contribution in [2.24, 2.45) is 5.92 Å². The standard InChI is InChI=1S/C18H25NO5S2/c1-11-4-5-14-15(9-25-16(14)8-11)18(21)24-12(2)17(20)19(3)13-6-7-26(22,23)10-13/h9,11-13H,4-8,10H2,1-3H3. The number of likely N-dealkylation sites (N-methyl/N-ethyl adjacent to an activating group) is 1. The van der Waals surface area contributed by atoms with E-state index < -0.39 is 21.9 Å². The van der Waals surface area contributed by atoms with Crippen LogP contribution in [-0.4, -0.2) is 55.9 Å². The smallest absolute Gasteiger partial charge is 0.340 e. The molecule has 0 aromatic carbocycles. The third-order valence-electron chi connectivity index (χ3n) is 5.36. The largest absolute Gasteiger partial charge is 0.449 e. The van der Waals surface area contributed by atoms with Gasteiger partial charge in [-0.25, -0.2) is 13.2 Å². The number of carbonyl (C=O) groups is 2. The molecule has 1 aliphatic heterocycles. The van der Waals surface area contributed by atoms with E-state index in [1.807, 2.05) is 5.38 Å². The van der Waals surface area contributed by atoms with Gasteiger partial charge in [0.2, 0.25) is 0 Å². The van der Waals surface area contributed by atoms with Gasteiger partial charge in [0.05, 0.1) is 17.1 Å². The molecule has 3 atom stereocenters. The van der Waals surface area contributed by atoms with E-state index in [0.717, 1.165) is 24.8 Å². The van der Waals surface area contributed by atoms with Crippen molar-refractivity contribution in [1.29, 1.82) is 0 Å². The van der Waals surface area contributed by atoms with Crippen LogP contribution in [0.2, 0.25) is 0 Å². The minimum absolute atomic E-state index is 0.0217. The highest BCUT2D eigenvalue weighted by Crippen LogP contribution is 2.33. The van der Waals surface area contributed by atoms with E-state index in [-0.39, 0.29) is 23.5 Å². The predicted molar refractivity (Wildman–Crippen MR) is 100 cm³/mol. The number of hydrogen-bond acceptors (Lipinski definition) is 6. The number of esters is 1. The van der Waals surface area contributed by atoms with Gasteiger partial charge >= 0.3 is 5.97 Å². The summed E-state index contributed by atoms with van der Waals surface area (Å²) in [5, 5.41) is 1.83. The summed E-state index contributed by atoms with van der Waals surface area (Å²) < 4.78 is 28.6. The van der Waals surface area contributed by atoms with E-state index in [9.17, 15) is 18.0 Å². The monoisotopic (exact) mass is 399 g/mol. The minimum Gasteiger partial charge on any atom is -0.449 e. The number of hydrogen-bond donors (Lipinski definition) is 0.